The lowest BCUT2D eigenvalue weighted by molar-refractivity contribution is -0.121. The predicted molar refractivity (Wildman–Crippen MR) is 108 cm³/mol. The Morgan fingerprint density at radius 1 is 1.21 bits per heavy atom. The molecule has 144 valence electrons. The maximum absolute atomic E-state index is 11.9. The zero-order valence-electron chi connectivity index (χ0n) is 16.6. The van der Waals surface area contributed by atoms with E-state index in [0.29, 0.717) is 12.4 Å². The molecule has 2 aromatic carbocycles. The van der Waals surface area contributed by atoms with Crippen molar-refractivity contribution in [3.63, 3.8) is 0 Å². The van der Waals surface area contributed by atoms with E-state index in [9.17, 15) is 9.59 Å². The third kappa shape index (κ3) is 3.75. The number of carbonyl (C=O) groups excluding carboxylic acids is 2. The second-order valence-electron chi connectivity index (χ2n) is 6.55. The summed E-state index contributed by atoms with van der Waals surface area (Å²) in [6, 6.07) is 13.0. The minimum Gasteiger partial charge on any atom is -0.497 e. The zero-order chi connectivity index (χ0) is 20.6. The standard InChI is InChI=1S/C21H20N2O4S/c1-23-17-10-15(26-2)7-8-16(17)22-20(23)12-27-14-5-3-13(4-6-14)9-19-18(24)11-21(25)28-19/h3-8,10,19H,9,11-12H2,1-2H3/t19-/m0/s1/i19D. The molecule has 0 bridgehead atoms. The molecule has 0 amide bonds. The van der Waals surface area contributed by atoms with Gasteiger partial charge in [-0.15, -0.1) is 0 Å². The Kier molecular flexibility index (Phi) is 4.74. The number of ketones is 1. The Balaban J connectivity index is 1.43. The first-order chi connectivity index (χ1) is 13.9. The van der Waals surface area contributed by atoms with Crippen molar-refractivity contribution in [2.45, 2.75) is 24.7 Å². The van der Waals surface area contributed by atoms with E-state index in [4.69, 9.17) is 10.8 Å². The molecule has 1 aliphatic heterocycles. The van der Waals surface area contributed by atoms with E-state index in [-0.39, 0.29) is 23.7 Å². The maximum atomic E-state index is 11.9. The number of nitrogens with zero attached hydrogens (tertiary/aromatic N) is 2. The largest absolute Gasteiger partial charge is 0.497 e. The van der Waals surface area contributed by atoms with Crippen molar-refractivity contribution in [1.82, 2.24) is 9.55 Å². The smallest absolute Gasteiger partial charge is 0.197 e. The Bertz CT molecular complexity index is 1100. The Morgan fingerprint density at radius 3 is 2.64 bits per heavy atom. The molecule has 6 nitrogen and oxygen atoms in total. The molecule has 0 aliphatic carbocycles. The molecular formula is C21H20N2O4S. The van der Waals surface area contributed by atoms with Gasteiger partial charge in [0.1, 0.15) is 23.9 Å². The van der Waals surface area contributed by atoms with E-state index in [0.717, 1.165) is 39.9 Å². The van der Waals surface area contributed by atoms with E-state index in [1.807, 2.05) is 41.9 Å². The number of hydrogen-bond acceptors (Lipinski definition) is 6. The number of benzene rings is 2. The van der Waals surface area contributed by atoms with E-state index >= 15 is 0 Å². The number of aromatic nitrogens is 2. The lowest BCUT2D eigenvalue weighted by Crippen LogP contribution is -2.13. The van der Waals surface area contributed by atoms with Gasteiger partial charge in [0.15, 0.2) is 10.9 Å². The predicted octanol–water partition coefficient (Wildman–Crippen LogP) is 3.30. The molecule has 3 aromatic rings. The lowest BCUT2D eigenvalue weighted by atomic mass is 10.1. The molecule has 28 heavy (non-hydrogen) atoms. The summed E-state index contributed by atoms with van der Waals surface area (Å²) in [5.41, 5.74) is 2.65. The molecule has 4 rings (SSSR count). The summed E-state index contributed by atoms with van der Waals surface area (Å²) < 4.78 is 21.3. The highest BCUT2D eigenvalue weighted by Crippen LogP contribution is 2.28. The fourth-order valence-corrected chi connectivity index (χ4v) is 4.01. The van der Waals surface area contributed by atoms with Gasteiger partial charge >= 0.3 is 0 Å². The molecule has 2 heterocycles. The zero-order valence-corrected chi connectivity index (χ0v) is 16.4. The SMILES string of the molecule is [2H][C@@]1(Cc2ccc(OCc3nc4ccc(OC)cc4n3C)cc2)SC(=O)CC1=O. The van der Waals surface area contributed by atoms with Crippen molar-refractivity contribution in [3.05, 3.63) is 53.9 Å². The van der Waals surface area contributed by atoms with Gasteiger partial charge in [-0.05, 0) is 36.2 Å². The normalized spacial score (nSPS) is 19.9. The topological polar surface area (TPSA) is 70.4 Å². The van der Waals surface area contributed by atoms with Crippen LogP contribution in [0.2, 0.25) is 0 Å². The highest BCUT2D eigenvalue weighted by Gasteiger charge is 2.31. The quantitative estimate of drug-likeness (QED) is 0.595. The summed E-state index contributed by atoms with van der Waals surface area (Å²) in [4.78, 5) is 28.0. The van der Waals surface area contributed by atoms with Gasteiger partial charge in [-0.2, -0.15) is 0 Å². The molecule has 0 spiro atoms. The molecule has 1 aliphatic rings. The van der Waals surface area contributed by atoms with Gasteiger partial charge in [0.2, 0.25) is 0 Å². The van der Waals surface area contributed by atoms with E-state index in [1.165, 1.54) is 0 Å². The van der Waals surface area contributed by atoms with Gasteiger partial charge in [0.25, 0.3) is 0 Å². The minimum absolute atomic E-state index is 0.154. The molecule has 0 N–H and O–H groups in total. The number of methoxy groups -OCH3 is 1. The highest BCUT2D eigenvalue weighted by molar-refractivity contribution is 8.15. The van der Waals surface area contributed by atoms with Crippen LogP contribution in [-0.4, -0.2) is 32.8 Å². The van der Waals surface area contributed by atoms with Crippen LogP contribution in [0.15, 0.2) is 42.5 Å². The van der Waals surface area contributed by atoms with E-state index < -0.39 is 5.23 Å². The molecular weight excluding hydrogens is 376 g/mol. The number of imidazole rings is 1. The van der Waals surface area contributed by atoms with Crippen LogP contribution in [0.5, 0.6) is 11.5 Å². The Morgan fingerprint density at radius 2 is 1.96 bits per heavy atom. The first-order valence-electron chi connectivity index (χ1n) is 9.34. The second-order valence-corrected chi connectivity index (χ2v) is 7.70. The first-order valence-corrected chi connectivity index (χ1v) is 9.66. The van der Waals surface area contributed by atoms with Gasteiger partial charge in [-0.1, -0.05) is 23.9 Å². The van der Waals surface area contributed by atoms with Crippen molar-refractivity contribution in [3.8, 4) is 11.5 Å². The Labute approximate surface area is 168 Å². The number of thioether (sulfide) groups is 1. The van der Waals surface area contributed by atoms with Crippen molar-refractivity contribution in [1.29, 1.82) is 0 Å². The molecule has 0 unspecified atom stereocenters. The maximum Gasteiger partial charge on any atom is 0.197 e. The van der Waals surface area contributed by atoms with Crippen molar-refractivity contribution in [2.24, 2.45) is 7.05 Å². The molecule has 1 aromatic heterocycles. The summed E-state index contributed by atoms with van der Waals surface area (Å²) in [5, 5.41) is -1.64. The summed E-state index contributed by atoms with van der Waals surface area (Å²) in [6.45, 7) is 0.304. The number of Topliss-reactive ketones (excluding diaryl/α,β-unsaturated/α-hetero) is 1. The first kappa shape index (κ1) is 17.3. The van der Waals surface area contributed by atoms with Crippen LogP contribution in [-0.2, 0) is 29.7 Å². The van der Waals surface area contributed by atoms with Crippen molar-refractivity contribution in [2.75, 3.05) is 7.11 Å². The number of hydrogen-bond donors (Lipinski definition) is 0. The highest BCUT2D eigenvalue weighted by atomic mass is 32.2. The summed E-state index contributed by atoms with van der Waals surface area (Å²) >= 11 is 0.816. The molecule has 1 atom stereocenters. The number of fused-ring (bicyclic) bond motifs is 1. The van der Waals surface area contributed by atoms with Crippen LogP contribution in [0, 0.1) is 0 Å². The second kappa shape index (κ2) is 7.67. The molecule has 1 fully saturated rings. The van der Waals surface area contributed by atoms with Gasteiger partial charge in [0.05, 0.1) is 31.2 Å². The van der Waals surface area contributed by atoms with Crippen molar-refractivity contribution < 1.29 is 20.4 Å². The minimum atomic E-state index is -1.41. The fourth-order valence-electron chi connectivity index (χ4n) is 3.11. The number of carbonyl (C=O) groups is 2. The third-order valence-corrected chi connectivity index (χ3v) is 5.68. The van der Waals surface area contributed by atoms with Crippen LogP contribution in [0.1, 0.15) is 19.2 Å². The average Bonchev–Trinajstić information content (AvgIpc) is 3.15. The average molecular weight is 397 g/mol. The van der Waals surface area contributed by atoms with Crippen molar-refractivity contribution >= 4 is 33.7 Å². The van der Waals surface area contributed by atoms with Gasteiger partial charge < -0.3 is 14.0 Å². The summed E-state index contributed by atoms with van der Waals surface area (Å²) in [5.74, 6) is 1.90. The third-order valence-electron chi connectivity index (χ3n) is 4.69. The monoisotopic (exact) mass is 397 g/mol. The number of ether oxygens (including phenoxy) is 2. The number of aryl methyl sites for hydroxylation is 1. The van der Waals surface area contributed by atoms with Crippen LogP contribution in [0.3, 0.4) is 0 Å². The van der Waals surface area contributed by atoms with Crippen LogP contribution in [0.25, 0.3) is 11.0 Å². The molecule has 0 radical (unpaired) electrons. The van der Waals surface area contributed by atoms with E-state index in [1.54, 1.807) is 19.2 Å². The number of rotatable bonds is 6. The van der Waals surface area contributed by atoms with Crippen LogP contribution in [0.4, 0.5) is 0 Å². The van der Waals surface area contributed by atoms with Gasteiger partial charge in [-0.3, -0.25) is 9.59 Å². The van der Waals surface area contributed by atoms with E-state index in [2.05, 4.69) is 4.98 Å². The summed E-state index contributed by atoms with van der Waals surface area (Å²) in [6.07, 6.45) is 0.0500. The van der Waals surface area contributed by atoms with Crippen LogP contribution >= 0.6 is 11.8 Å². The fraction of sp³-hybridized carbons (Fsp3) is 0.286. The summed E-state index contributed by atoms with van der Waals surface area (Å²) in [7, 11) is 3.56. The van der Waals surface area contributed by atoms with Gasteiger partial charge in [-0.25, -0.2) is 4.98 Å². The molecule has 7 heteroatoms. The van der Waals surface area contributed by atoms with Crippen LogP contribution < -0.4 is 9.47 Å². The molecule has 0 saturated carbocycles. The molecule has 1 saturated heterocycles. The van der Waals surface area contributed by atoms with Gasteiger partial charge in [0, 0.05) is 13.1 Å². The Hall–Kier alpha value is -2.80. The lowest BCUT2D eigenvalue weighted by Gasteiger charge is -2.09.